The fourth-order valence-electron chi connectivity index (χ4n) is 2.39. The van der Waals surface area contributed by atoms with Gasteiger partial charge in [-0.25, -0.2) is 12.7 Å². The predicted molar refractivity (Wildman–Crippen MR) is 90.2 cm³/mol. The number of amides is 3. The SMILES string of the molecule is CN(CC(=O)NC(C)(C)C)C(=O)CN1C(=O)c2ccccc2S1(=O)=O. The molecule has 1 aliphatic rings. The number of carbonyl (C=O) groups excluding carboxylic acids is 3. The summed E-state index contributed by atoms with van der Waals surface area (Å²) in [5, 5.41) is 2.71. The lowest BCUT2D eigenvalue weighted by Gasteiger charge is -2.24. The van der Waals surface area contributed by atoms with Crippen molar-refractivity contribution in [1.29, 1.82) is 0 Å². The van der Waals surface area contributed by atoms with E-state index in [9.17, 15) is 22.8 Å². The van der Waals surface area contributed by atoms with Crippen molar-refractivity contribution in [2.24, 2.45) is 0 Å². The zero-order valence-corrected chi connectivity index (χ0v) is 15.4. The Morgan fingerprint density at radius 2 is 1.80 bits per heavy atom. The number of rotatable bonds is 4. The molecule has 0 unspecified atom stereocenters. The highest BCUT2D eigenvalue weighted by Gasteiger charge is 2.42. The van der Waals surface area contributed by atoms with Crippen molar-refractivity contribution in [3.63, 3.8) is 0 Å². The highest BCUT2D eigenvalue weighted by atomic mass is 32.2. The van der Waals surface area contributed by atoms with Gasteiger partial charge < -0.3 is 10.2 Å². The van der Waals surface area contributed by atoms with E-state index in [0.717, 1.165) is 4.90 Å². The lowest BCUT2D eigenvalue weighted by molar-refractivity contribution is -0.135. The Kier molecular flexibility index (Phi) is 4.90. The van der Waals surface area contributed by atoms with Crippen LogP contribution in [0, 0.1) is 0 Å². The van der Waals surface area contributed by atoms with E-state index in [-0.39, 0.29) is 22.9 Å². The molecule has 1 aromatic carbocycles. The smallest absolute Gasteiger partial charge is 0.269 e. The van der Waals surface area contributed by atoms with E-state index in [1.165, 1.54) is 25.2 Å². The van der Waals surface area contributed by atoms with Crippen molar-refractivity contribution in [1.82, 2.24) is 14.5 Å². The van der Waals surface area contributed by atoms with E-state index < -0.39 is 33.9 Å². The third kappa shape index (κ3) is 3.98. The summed E-state index contributed by atoms with van der Waals surface area (Å²) in [6, 6.07) is 5.80. The van der Waals surface area contributed by atoms with Crippen LogP contribution in [0.5, 0.6) is 0 Å². The number of carbonyl (C=O) groups is 3. The Morgan fingerprint density at radius 3 is 2.36 bits per heavy atom. The lowest BCUT2D eigenvalue weighted by atomic mass is 10.1. The van der Waals surface area contributed by atoms with Crippen LogP contribution in [0.1, 0.15) is 31.1 Å². The molecule has 8 nitrogen and oxygen atoms in total. The molecule has 0 fully saturated rings. The second-order valence-corrected chi connectivity index (χ2v) is 8.69. The normalized spacial score (nSPS) is 15.7. The van der Waals surface area contributed by atoms with Gasteiger partial charge in [0.1, 0.15) is 11.4 Å². The Balaban J connectivity index is 2.09. The average molecular weight is 367 g/mol. The minimum Gasteiger partial charge on any atom is -0.350 e. The minimum absolute atomic E-state index is 0.0448. The number of nitrogens with one attached hydrogen (secondary N) is 1. The number of fused-ring (bicyclic) bond motifs is 1. The number of hydrogen-bond donors (Lipinski definition) is 1. The van der Waals surface area contributed by atoms with E-state index in [4.69, 9.17) is 0 Å². The van der Waals surface area contributed by atoms with Gasteiger partial charge in [0.2, 0.25) is 11.8 Å². The van der Waals surface area contributed by atoms with Gasteiger partial charge in [0.05, 0.1) is 12.1 Å². The van der Waals surface area contributed by atoms with Crippen molar-refractivity contribution in [3.8, 4) is 0 Å². The third-order valence-corrected chi connectivity index (χ3v) is 5.30. The maximum Gasteiger partial charge on any atom is 0.269 e. The van der Waals surface area contributed by atoms with Gasteiger partial charge in [0.25, 0.3) is 15.9 Å². The summed E-state index contributed by atoms with van der Waals surface area (Å²) in [6.45, 7) is 4.54. The summed E-state index contributed by atoms with van der Waals surface area (Å²) >= 11 is 0. The van der Waals surface area contributed by atoms with Crippen LogP contribution in [0.4, 0.5) is 0 Å². The maximum atomic E-state index is 12.4. The van der Waals surface area contributed by atoms with Gasteiger partial charge in [-0.2, -0.15) is 0 Å². The summed E-state index contributed by atoms with van der Waals surface area (Å²) in [5.74, 6) is -1.76. The first kappa shape index (κ1) is 18.9. The van der Waals surface area contributed by atoms with Crippen LogP contribution in [-0.4, -0.2) is 61.0 Å². The molecule has 2 rings (SSSR count). The number of hydrogen-bond acceptors (Lipinski definition) is 5. The Labute approximate surface area is 146 Å². The highest BCUT2D eigenvalue weighted by molar-refractivity contribution is 7.90. The average Bonchev–Trinajstić information content (AvgIpc) is 2.66. The minimum atomic E-state index is -4.05. The topological polar surface area (TPSA) is 104 Å². The van der Waals surface area contributed by atoms with Gasteiger partial charge >= 0.3 is 0 Å². The fourth-order valence-corrected chi connectivity index (χ4v) is 3.91. The van der Waals surface area contributed by atoms with E-state index in [2.05, 4.69) is 5.32 Å². The van der Waals surface area contributed by atoms with Gasteiger partial charge in [-0.15, -0.1) is 0 Å². The Hall–Kier alpha value is -2.42. The summed E-state index contributed by atoms with van der Waals surface area (Å²) in [4.78, 5) is 37.4. The van der Waals surface area contributed by atoms with Gasteiger partial charge in [-0.05, 0) is 32.9 Å². The summed E-state index contributed by atoms with van der Waals surface area (Å²) < 4.78 is 25.4. The van der Waals surface area contributed by atoms with Crippen molar-refractivity contribution in [2.45, 2.75) is 31.2 Å². The van der Waals surface area contributed by atoms with E-state index in [1.54, 1.807) is 26.8 Å². The molecule has 25 heavy (non-hydrogen) atoms. The zero-order chi connectivity index (χ0) is 19.0. The van der Waals surface area contributed by atoms with Gasteiger partial charge in [0.15, 0.2) is 0 Å². The van der Waals surface area contributed by atoms with E-state index in [0.29, 0.717) is 4.31 Å². The number of sulfonamides is 1. The van der Waals surface area contributed by atoms with Crippen molar-refractivity contribution in [3.05, 3.63) is 29.8 Å². The maximum absolute atomic E-state index is 12.4. The van der Waals surface area contributed by atoms with Crippen LogP contribution in [0.15, 0.2) is 29.2 Å². The van der Waals surface area contributed by atoms with Crippen LogP contribution in [-0.2, 0) is 19.6 Å². The molecule has 0 bridgehead atoms. The molecular formula is C16H21N3O5S. The Morgan fingerprint density at radius 1 is 1.20 bits per heavy atom. The van der Waals surface area contributed by atoms with Crippen molar-refractivity contribution >= 4 is 27.7 Å². The molecular weight excluding hydrogens is 346 g/mol. The molecule has 0 spiro atoms. The fraction of sp³-hybridized carbons (Fsp3) is 0.438. The monoisotopic (exact) mass is 367 g/mol. The zero-order valence-electron chi connectivity index (χ0n) is 14.6. The van der Waals surface area contributed by atoms with Crippen molar-refractivity contribution < 1.29 is 22.8 Å². The molecule has 0 aromatic heterocycles. The van der Waals surface area contributed by atoms with Gasteiger partial charge in [0, 0.05) is 12.6 Å². The highest BCUT2D eigenvalue weighted by Crippen LogP contribution is 2.29. The van der Waals surface area contributed by atoms with Crippen LogP contribution < -0.4 is 5.32 Å². The van der Waals surface area contributed by atoms with Crippen molar-refractivity contribution in [2.75, 3.05) is 20.1 Å². The molecule has 0 saturated carbocycles. The van der Waals surface area contributed by atoms with E-state index >= 15 is 0 Å². The Bertz CT molecular complexity index is 826. The molecule has 0 saturated heterocycles. The molecule has 3 amide bonds. The largest absolute Gasteiger partial charge is 0.350 e. The second kappa shape index (κ2) is 6.47. The first-order valence-corrected chi connectivity index (χ1v) is 9.08. The molecule has 9 heteroatoms. The standard InChI is InChI=1S/C16H21N3O5S/c1-16(2,3)17-13(20)9-18(4)14(21)10-19-15(22)11-7-5-6-8-12(11)25(19,23)24/h5-8H,9-10H2,1-4H3,(H,17,20). The van der Waals surface area contributed by atoms with Crippen LogP contribution in [0.2, 0.25) is 0 Å². The number of likely N-dealkylation sites (N-methyl/N-ethyl adjacent to an activating group) is 1. The molecule has 1 aromatic rings. The van der Waals surface area contributed by atoms with Crippen LogP contribution in [0.25, 0.3) is 0 Å². The summed E-state index contributed by atoms with van der Waals surface area (Å²) in [7, 11) is -2.67. The van der Waals surface area contributed by atoms with Gasteiger partial charge in [-0.1, -0.05) is 12.1 Å². The molecule has 1 N–H and O–H groups in total. The third-order valence-electron chi connectivity index (χ3n) is 3.51. The molecule has 0 atom stereocenters. The predicted octanol–water partition coefficient (Wildman–Crippen LogP) is 0.204. The quantitative estimate of drug-likeness (QED) is 0.819. The van der Waals surface area contributed by atoms with E-state index in [1.807, 2.05) is 0 Å². The molecule has 0 aliphatic carbocycles. The molecule has 0 radical (unpaired) electrons. The number of nitrogens with zero attached hydrogens (tertiary/aromatic N) is 2. The first-order chi connectivity index (χ1) is 11.4. The molecule has 1 heterocycles. The second-order valence-electron chi connectivity index (χ2n) is 6.86. The van der Waals surface area contributed by atoms with Gasteiger partial charge in [-0.3, -0.25) is 14.4 Å². The van der Waals surface area contributed by atoms with Crippen LogP contribution in [0.3, 0.4) is 0 Å². The first-order valence-electron chi connectivity index (χ1n) is 7.64. The molecule has 136 valence electrons. The summed E-state index contributed by atoms with van der Waals surface area (Å²) in [5.41, 5.74) is -0.403. The number of benzene rings is 1. The van der Waals surface area contributed by atoms with Crippen LogP contribution >= 0.6 is 0 Å². The molecule has 1 aliphatic heterocycles. The summed E-state index contributed by atoms with van der Waals surface area (Å²) in [6.07, 6.45) is 0. The lowest BCUT2D eigenvalue weighted by Crippen LogP contribution is -2.48.